The van der Waals surface area contributed by atoms with Gasteiger partial charge in [0.2, 0.25) is 0 Å². The van der Waals surface area contributed by atoms with E-state index in [0.717, 1.165) is 53.6 Å². The van der Waals surface area contributed by atoms with Gasteiger partial charge in [0.1, 0.15) is 0 Å². The molecule has 7 heteroatoms. The maximum atomic E-state index is 13.6. The van der Waals surface area contributed by atoms with Crippen LogP contribution in [0, 0.1) is 26.7 Å². The molecule has 1 aromatic heterocycles. The first-order valence-corrected chi connectivity index (χ1v) is 13.8. The monoisotopic (exact) mass is 529 g/mol. The number of aryl methyl sites for hydroxylation is 2. The van der Waals surface area contributed by atoms with Gasteiger partial charge in [-0.1, -0.05) is 30.3 Å². The Labute approximate surface area is 230 Å². The Hall–Kier alpha value is -3.58. The van der Waals surface area contributed by atoms with Crippen LogP contribution in [0.3, 0.4) is 0 Å². The zero-order valence-corrected chi connectivity index (χ0v) is 23.8. The van der Waals surface area contributed by atoms with E-state index in [9.17, 15) is 9.59 Å². The van der Waals surface area contributed by atoms with Crippen molar-refractivity contribution in [3.05, 3.63) is 80.8 Å². The topological polar surface area (TPSA) is 83.7 Å². The minimum Gasteiger partial charge on any atom is -0.448 e. The lowest BCUT2D eigenvalue weighted by atomic mass is 9.81. The van der Waals surface area contributed by atoms with Crippen molar-refractivity contribution in [2.75, 3.05) is 14.1 Å². The SMILES string of the molecule is Cc1cc(C)c(CNC(=O)c2cc(-c3ccccc3)c3c(c2C)OC(C)([C@H]2CC[C@H](N(C)C)CC2)O3)c(=O)[nH]1. The summed E-state index contributed by atoms with van der Waals surface area (Å²) in [6, 6.07) is 14.3. The second-order valence-corrected chi connectivity index (χ2v) is 11.4. The predicted octanol–water partition coefficient (Wildman–Crippen LogP) is 5.50. The fourth-order valence-corrected chi connectivity index (χ4v) is 6.10. The van der Waals surface area contributed by atoms with Gasteiger partial charge in [-0.05, 0) is 83.8 Å². The lowest BCUT2D eigenvalue weighted by Crippen LogP contribution is -2.46. The van der Waals surface area contributed by atoms with Gasteiger partial charge < -0.3 is 24.7 Å². The number of ether oxygens (including phenoxy) is 2. The Morgan fingerprint density at radius 1 is 1.03 bits per heavy atom. The van der Waals surface area contributed by atoms with Gasteiger partial charge in [0.25, 0.3) is 17.3 Å². The highest BCUT2D eigenvalue weighted by Crippen LogP contribution is 2.52. The highest BCUT2D eigenvalue weighted by molar-refractivity contribution is 5.99. The number of hydrogen-bond acceptors (Lipinski definition) is 5. The largest absolute Gasteiger partial charge is 0.448 e. The summed E-state index contributed by atoms with van der Waals surface area (Å²) in [4.78, 5) is 31.2. The van der Waals surface area contributed by atoms with Gasteiger partial charge in [0, 0.05) is 53.4 Å². The molecule has 2 aromatic carbocycles. The molecule has 39 heavy (non-hydrogen) atoms. The summed E-state index contributed by atoms with van der Waals surface area (Å²) < 4.78 is 13.3. The molecule has 206 valence electrons. The number of benzene rings is 2. The summed E-state index contributed by atoms with van der Waals surface area (Å²) in [7, 11) is 4.28. The van der Waals surface area contributed by atoms with Crippen molar-refractivity contribution in [2.45, 2.75) is 71.8 Å². The molecule has 0 bridgehead atoms. The zero-order chi connectivity index (χ0) is 27.9. The number of hydrogen-bond donors (Lipinski definition) is 2. The number of H-pyrrole nitrogens is 1. The number of amides is 1. The minimum absolute atomic E-state index is 0.141. The van der Waals surface area contributed by atoms with Crippen LogP contribution in [0.4, 0.5) is 0 Å². The van der Waals surface area contributed by atoms with E-state index >= 15 is 0 Å². The molecule has 2 N–H and O–H groups in total. The van der Waals surface area contributed by atoms with Crippen LogP contribution in [-0.2, 0) is 6.54 Å². The number of carbonyl (C=O) groups excluding carboxylic acids is 1. The summed E-state index contributed by atoms with van der Waals surface area (Å²) in [5.74, 6) is 0.518. The van der Waals surface area contributed by atoms with Crippen molar-refractivity contribution in [1.82, 2.24) is 15.2 Å². The molecule has 1 amide bonds. The van der Waals surface area contributed by atoms with Gasteiger partial charge in [-0.2, -0.15) is 0 Å². The van der Waals surface area contributed by atoms with E-state index in [2.05, 4.69) is 29.3 Å². The number of pyridine rings is 1. The van der Waals surface area contributed by atoms with Crippen LogP contribution in [0.1, 0.15) is 65.3 Å². The summed E-state index contributed by atoms with van der Waals surface area (Å²) in [6.45, 7) is 7.82. The highest BCUT2D eigenvalue weighted by atomic mass is 16.7. The first-order chi connectivity index (χ1) is 18.6. The molecule has 3 aromatic rings. The Balaban J connectivity index is 1.47. The van der Waals surface area contributed by atoms with E-state index in [4.69, 9.17) is 9.47 Å². The second-order valence-electron chi connectivity index (χ2n) is 11.4. The molecule has 0 spiro atoms. The number of nitrogens with zero attached hydrogens (tertiary/aromatic N) is 1. The maximum Gasteiger partial charge on any atom is 0.253 e. The van der Waals surface area contributed by atoms with Crippen LogP contribution < -0.4 is 20.3 Å². The Kier molecular flexibility index (Phi) is 7.29. The molecule has 5 rings (SSSR count). The fourth-order valence-electron chi connectivity index (χ4n) is 6.10. The van der Waals surface area contributed by atoms with Gasteiger partial charge in [-0.15, -0.1) is 0 Å². The van der Waals surface area contributed by atoms with E-state index in [-0.39, 0.29) is 23.9 Å². The number of carbonyl (C=O) groups is 1. The van der Waals surface area contributed by atoms with Gasteiger partial charge in [0.15, 0.2) is 11.5 Å². The van der Waals surface area contributed by atoms with E-state index < -0.39 is 5.79 Å². The standard InChI is InChI=1S/C32H39N3O4/c1-19-16-20(2)34-31(37)27(19)18-33-30(36)25-17-26(22-10-8-7-9-11-22)29-28(21(25)3)38-32(4,39-29)23-12-14-24(15-13-23)35(5)6/h7-11,16-17,23-24H,12-15,18H2,1-6H3,(H,33,36)(H,34,37)/t23-,24-,32?. The van der Waals surface area contributed by atoms with Crippen molar-refractivity contribution in [3.8, 4) is 22.6 Å². The summed E-state index contributed by atoms with van der Waals surface area (Å²) in [5.41, 5.74) is 5.06. The van der Waals surface area contributed by atoms with Crippen molar-refractivity contribution >= 4 is 5.91 Å². The molecule has 7 nitrogen and oxygen atoms in total. The number of fused-ring (bicyclic) bond motifs is 1. The second kappa shape index (κ2) is 10.5. The number of nitrogens with one attached hydrogen (secondary N) is 2. The lowest BCUT2D eigenvalue weighted by Gasteiger charge is -2.39. The van der Waals surface area contributed by atoms with E-state index in [1.54, 1.807) is 0 Å². The number of aromatic nitrogens is 1. The van der Waals surface area contributed by atoms with Crippen molar-refractivity contribution in [1.29, 1.82) is 0 Å². The first-order valence-electron chi connectivity index (χ1n) is 13.8. The molecular formula is C32H39N3O4. The molecule has 1 unspecified atom stereocenters. The molecule has 0 saturated heterocycles. The maximum absolute atomic E-state index is 13.6. The first kappa shape index (κ1) is 27.0. The quantitative estimate of drug-likeness (QED) is 0.440. The van der Waals surface area contributed by atoms with Gasteiger partial charge in [-0.25, -0.2) is 0 Å². The molecular weight excluding hydrogens is 490 g/mol. The predicted molar refractivity (Wildman–Crippen MR) is 153 cm³/mol. The average molecular weight is 530 g/mol. The normalized spacial score (nSPS) is 22.2. The molecule has 1 aliphatic carbocycles. The Morgan fingerprint density at radius 2 is 1.69 bits per heavy atom. The third-order valence-corrected chi connectivity index (χ3v) is 8.51. The van der Waals surface area contributed by atoms with E-state index in [1.165, 1.54) is 0 Å². The van der Waals surface area contributed by atoms with Gasteiger partial charge >= 0.3 is 0 Å². The van der Waals surface area contributed by atoms with Gasteiger partial charge in [-0.3, -0.25) is 9.59 Å². The van der Waals surface area contributed by atoms with Crippen molar-refractivity contribution < 1.29 is 14.3 Å². The van der Waals surface area contributed by atoms with E-state index in [0.29, 0.717) is 28.7 Å². The molecule has 2 heterocycles. The Morgan fingerprint density at radius 3 is 2.33 bits per heavy atom. The highest BCUT2D eigenvalue weighted by Gasteiger charge is 2.47. The third kappa shape index (κ3) is 5.20. The summed E-state index contributed by atoms with van der Waals surface area (Å²) in [6.07, 6.45) is 4.24. The molecule has 1 fully saturated rings. The summed E-state index contributed by atoms with van der Waals surface area (Å²) in [5, 5.41) is 2.97. The molecule has 1 aliphatic heterocycles. The van der Waals surface area contributed by atoms with Gasteiger partial charge in [0.05, 0.1) is 0 Å². The molecule has 2 aliphatic rings. The molecule has 1 atom stereocenters. The zero-order valence-electron chi connectivity index (χ0n) is 23.8. The number of rotatable bonds is 6. The summed E-state index contributed by atoms with van der Waals surface area (Å²) >= 11 is 0. The lowest BCUT2D eigenvalue weighted by molar-refractivity contribution is -0.123. The Bertz CT molecular complexity index is 1440. The van der Waals surface area contributed by atoms with Crippen LogP contribution in [0.25, 0.3) is 11.1 Å². The fraction of sp³-hybridized carbons (Fsp3) is 0.438. The molecule has 1 saturated carbocycles. The van der Waals surface area contributed by atoms with Crippen LogP contribution in [0.15, 0.2) is 47.3 Å². The minimum atomic E-state index is -0.796. The number of aromatic amines is 1. The van der Waals surface area contributed by atoms with Crippen LogP contribution in [0.5, 0.6) is 11.5 Å². The third-order valence-electron chi connectivity index (χ3n) is 8.51. The van der Waals surface area contributed by atoms with Crippen molar-refractivity contribution in [3.63, 3.8) is 0 Å². The van der Waals surface area contributed by atoms with Crippen LogP contribution in [-0.4, -0.2) is 41.7 Å². The van der Waals surface area contributed by atoms with Crippen LogP contribution >= 0.6 is 0 Å². The van der Waals surface area contributed by atoms with E-state index in [1.807, 2.05) is 70.2 Å². The average Bonchev–Trinajstić information content (AvgIpc) is 3.28. The smallest absolute Gasteiger partial charge is 0.253 e. The van der Waals surface area contributed by atoms with Crippen molar-refractivity contribution in [2.24, 2.45) is 5.92 Å². The van der Waals surface area contributed by atoms with Crippen LogP contribution in [0.2, 0.25) is 0 Å². The molecule has 0 radical (unpaired) electrons.